The normalized spacial score (nSPS) is 12.1. The van der Waals surface area contributed by atoms with Crippen molar-refractivity contribution in [2.24, 2.45) is 0 Å². The zero-order valence-corrected chi connectivity index (χ0v) is 17.4. The van der Waals surface area contributed by atoms with Crippen LogP contribution in [0.25, 0.3) is 0 Å². The summed E-state index contributed by atoms with van der Waals surface area (Å²) in [6.07, 6.45) is 1.43. The lowest BCUT2D eigenvalue weighted by molar-refractivity contribution is -0.112. The SMILES string of the molecule is COc1ccc(C(C)N/C=C(/C#N)C(=O)Nc2ccc(C(C)C)cc2)cc1OC. The Bertz CT molecular complexity index is 912. The smallest absolute Gasteiger partial charge is 0.267 e. The number of anilines is 1. The maximum Gasteiger partial charge on any atom is 0.267 e. The molecule has 1 unspecified atom stereocenters. The zero-order valence-electron chi connectivity index (χ0n) is 17.4. The first-order valence-corrected chi connectivity index (χ1v) is 9.39. The number of nitriles is 1. The fourth-order valence-electron chi connectivity index (χ4n) is 2.73. The summed E-state index contributed by atoms with van der Waals surface area (Å²) in [4.78, 5) is 12.4. The lowest BCUT2D eigenvalue weighted by Gasteiger charge is -2.15. The van der Waals surface area contributed by atoms with E-state index in [1.54, 1.807) is 14.2 Å². The number of nitrogens with one attached hydrogen (secondary N) is 2. The lowest BCUT2D eigenvalue weighted by atomic mass is 10.0. The average Bonchev–Trinajstić information content (AvgIpc) is 2.73. The summed E-state index contributed by atoms with van der Waals surface area (Å²) in [5.41, 5.74) is 2.75. The number of benzene rings is 2. The summed E-state index contributed by atoms with van der Waals surface area (Å²) < 4.78 is 10.6. The first kappa shape index (κ1) is 21.8. The summed E-state index contributed by atoms with van der Waals surface area (Å²) in [6.45, 7) is 6.14. The molecule has 2 rings (SSSR count). The van der Waals surface area contributed by atoms with Crippen LogP contribution in [-0.2, 0) is 4.79 Å². The summed E-state index contributed by atoms with van der Waals surface area (Å²) in [5, 5.41) is 15.2. The summed E-state index contributed by atoms with van der Waals surface area (Å²) >= 11 is 0. The van der Waals surface area contributed by atoms with Crippen molar-refractivity contribution in [1.29, 1.82) is 5.26 Å². The van der Waals surface area contributed by atoms with Gasteiger partial charge in [0.25, 0.3) is 5.91 Å². The average molecular weight is 393 g/mol. The molecule has 1 atom stereocenters. The third-order valence-corrected chi connectivity index (χ3v) is 4.59. The predicted octanol–water partition coefficient (Wildman–Crippen LogP) is 4.52. The second-order valence-electron chi connectivity index (χ2n) is 6.90. The molecular formula is C23H27N3O3. The van der Waals surface area contributed by atoms with E-state index in [1.165, 1.54) is 11.8 Å². The van der Waals surface area contributed by atoms with Crippen LogP contribution < -0.4 is 20.1 Å². The van der Waals surface area contributed by atoms with Gasteiger partial charge in [0.05, 0.1) is 14.2 Å². The maximum absolute atomic E-state index is 12.4. The molecular weight excluding hydrogens is 366 g/mol. The number of hydrogen-bond acceptors (Lipinski definition) is 5. The van der Waals surface area contributed by atoms with Crippen molar-refractivity contribution in [2.75, 3.05) is 19.5 Å². The van der Waals surface area contributed by atoms with Gasteiger partial charge in [-0.15, -0.1) is 0 Å². The van der Waals surface area contributed by atoms with Gasteiger partial charge in [-0.25, -0.2) is 0 Å². The number of rotatable bonds is 8. The molecule has 1 amide bonds. The van der Waals surface area contributed by atoms with Crippen molar-refractivity contribution in [3.8, 4) is 17.6 Å². The van der Waals surface area contributed by atoms with Crippen molar-refractivity contribution >= 4 is 11.6 Å². The van der Waals surface area contributed by atoms with E-state index in [-0.39, 0.29) is 11.6 Å². The van der Waals surface area contributed by atoms with Crippen molar-refractivity contribution in [3.05, 3.63) is 65.4 Å². The largest absolute Gasteiger partial charge is 0.493 e. The van der Waals surface area contributed by atoms with Gasteiger partial charge in [-0.05, 0) is 48.2 Å². The quantitative estimate of drug-likeness (QED) is 0.509. The molecule has 2 aromatic rings. The molecule has 2 aromatic carbocycles. The van der Waals surface area contributed by atoms with Crippen molar-refractivity contribution in [1.82, 2.24) is 5.32 Å². The molecule has 0 aliphatic carbocycles. The van der Waals surface area contributed by atoms with Crippen LogP contribution in [0.2, 0.25) is 0 Å². The Morgan fingerprint density at radius 1 is 1.00 bits per heavy atom. The second kappa shape index (κ2) is 10.2. The van der Waals surface area contributed by atoms with Gasteiger partial charge in [-0.2, -0.15) is 5.26 Å². The molecule has 6 heteroatoms. The number of ether oxygens (including phenoxy) is 2. The summed E-state index contributed by atoms with van der Waals surface area (Å²) in [5.74, 6) is 1.21. The fraction of sp³-hybridized carbons (Fsp3) is 0.304. The van der Waals surface area contributed by atoms with Crippen LogP contribution in [0.15, 0.2) is 54.2 Å². The van der Waals surface area contributed by atoms with Gasteiger partial charge in [-0.1, -0.05) is 32.0 Å². The van der Waals surface area contributed by atoms with Gasteiger partial charge in [0.1, 0.15) is 11.6 Å². The van der Waals surface area contributed by atoms with Gasteiger partial charge < -0.3 is 20.1 Å². The van der Waals surface area contributed by atoms with Crippen LogP contribution in [0.1, 0.15) is 43.9 Å². The molecule has 0 aromatic heterocycles. The molecule has 0 bridgehead atoms. The molecule has 29 heavy (non-hydrogen) atoms. The van der Waals surface area contributed by atoms with E-state index < -0.39 is 5.91 Å². The number of carbonyl (C=O) groups excluding carboxylic acids is 1. The Labute approximate surface area is 172 Å². The highest BCUT2D eigenvalue weighted by molar-refractivity contribution is 6.06. The first-order chi connectivity index (χ1) is 13.9. The minimum atomic E-state index is -0.461. The standard InChI is InChI=1S/C23H27N3O3/c1-15(2)17-6-9-20(10-7-17)26-23(27)19(13-24)14-25-16(3)18-8-11-21(28-4)22(12-18)29-5/h6-12,14-16,25H,1-5H3,(H,26,27)/b19-14-. The van der Waals surface area contributed by atoms with Gasteiger partial charge in [0.15, 0.2) is 11.5 Å². The van der Waals surface area contributed by atoms with Crippen LogP contribution in [0.5, 0.6) is 11.5 Å². The highest BCUT2D eigenvalue weighted by Crippen LogP contribution is 2.29. The van der Waals surface area contributed by atoms with E-state index >= 15 is 0 Å². The topological polar surface area (TPSA) is 83.4 Å². The molecule has 6 nitrogen and oxygen atoms in total. The molecule has 0 saturated heterocycles. The van der Waals surface area contributed by atoms with E-state index in [9.17, 15) is 10.1 Å². The Morgan fingerprint density at radius 3 is 2.17 bits per heavy atom. The Balaban J connectivity index is 2.07. The fourth-order valence-corrected chi connectivity index (χ4v) is 2.73. The number of amides is 1. The maximum atomic E-state index is 12.4. The Hall–Kier alpha value is -3.46. The van der Waals surface area contributed by atoms with E-state index in [2.05, 4.69) is 24.5 Å². The number of carbonyl (C=O) groups is 1. The monoisotopic (exact) mass is 393 g/mol. The molecule has 2 N–H and O–H groups in total. The van der Waals surface area contributed by atoms with Crippen molar-refractivity contribution < 1.29 is 14.3 Å². The van der Waals surface area contributed by atoms with E-state index in [0.717, 1.165) is 5.56 Å². The van der Waals surface area contributed by atoms with Gasteiger partial charge in [0.2, 0.25) is 0 Å². The van der Waals surface area contributed by atoms with Crippen molar-refractivity contribution in [3.63, 3.8) is 0 Å². The highest BCUT2D eigenvalue weighted by Gasteiger charge is 2.12. The molecule has 152 valence electrons. The minimum absolute atomic E-state index is 0.00902. The first-order valence-electron chi connectivity index (χ1n) is 9.39. The van der Waals surface area contributed by atoms with Gasteiger partial charge >= 0.3 is 0 Å². The van der Waals surface area contributed by atoms with Gasteiger partial charge in [-0.3, -0.25) is 4.79 Å². The highest BCUT2D eigenvalue weighted by atomic mass is 16.5. The van der Waals surface area contributed by atoms with E-state index in [4.69, 9.17) is 9.47 Å². The second-order valence-corrected chi connectivity index (χ2v) is 6.90. The van der Waals surface area contributed by atoms with Crippen LogP contribution in [-0.4, -0.2) is 20.1 Å². The van der Waals surface area contributed by atoms with E-state index in [1.807, 2.05) is 55.5 Å². The third kappa shape index (κ3) is 5.76. The molecule has 0 aliphatic rings. The lowest BCUT2D eigenvalue weighted by Crippen LogP contribution is -2.18. The van der Waals surface area contributed by atoms with Crippen LogP contribution >= 0.6 is 0 Å². The molecule has 0 saturated carbocycles. The Morgan fingerprint density at radius 2 is 1.62 bits per heavy atom. The molecule has 0 fully saturated rings. The number of methoxy groups -OCH3 is 2. The molecule has 0 spiro atoms. The van der Waals surface area contributed by atoms with Crippen LogP contribution in [0.3, 0.4) is 0 Å². The van der Waals surface area contributed by atoms with E-state index in [0.29, 0.717) is 23.1 Å². The van der Waals surface area contributed by atoms with Gasteiger partial charge in [0, 0.05) is 17.9 Å². The molecule has 0 radical (unpaired) electrons. The Kier molecular flexibility index (Phi) is 7.67. The number of nitrogens with zero attached hydrogens (tertiary/aromatic N) is 1. The third-order valence-electron chi connectivity index (χ3n) is 4.59. The zero-order chi connectivity index (χ0) is 21.4. The minimum Gasteiger partial charge on any atom is -0.493 e. The molecule has 0 aliphatic heterocycles. The van der Waals surface area contributed by atoms with Crippen molar-refractivity contribution in [2.45, 2.75) is 32.7 Å². The number of hydrogen-bond donors (Lipinski definition) is 2. The van der Waals surface area contributed by atoms with Crippen LogP contribution in [0.4, 0.5) is 5.69 Å². The van der Waals surface area contributed by atoms with Crippen LogP contribution in [0, 0.1) is 11.3 Å². The summed E-state index contributed by atoms with van der Waals surface area (Å²) in [6, 6.07) is 15.0. The predicted molar refractivity (Wildman–Crippen MR) is 114 cm³/mol. The molecule has 0 heterocycles. The summed E-state index contributed by atoms with van der Waals surface area (Å²) in [7, 11) is 3.15.